The SMILES string of the molecule is O=C(NN=Cc1ccccn1)c1cc(-c2ccc(OCc3ccc(Cl)cc3)cc2)n[nH]1. The summed E-state index contributed by atoms with van der Waals surface area (Å²) in [6.07, 6.45) is 3.12. The van der Waals surface area contributed by atoms with E-state index in [1.54, 1.807) is 24.4 Å². The number of ether oxygens (including phenoxy) is 1. The third kappa shape index (κ3) is 5.55. The molecule has 7 nitrogen and oxygen atoms in total. The van der Waals surface area contributed by atoms with Gasteiger partial charge in [-0.1, -0.05) is 29.8 Å². The maximum atomic E-state index is 12.2. The molecule has 0 radical (unpaired) electrons. The Hall–Kier alpha value is -3.97. The first kappa shape index (κ1) is 20.3. The average molecular weight is 432 g/mol. The molecule has 2 heterocycles. The van der Waals surface area contributed by atoms with Crippen molar-refractivity contribution in [1.29, 1.82) is 0 Å². The summed E-state index contributed by atoms with van der Waals surface area (Å²) in [5, 5.41) is 11.5. The fourth-order valence-electron chi connectivity index (χ4n) is 2.72. The molecule has 2 N–H and O–H groups in total. The van der Waals surface area contributed by atoms with E-state index >= 15 is 0 Å². The van der Waals surface area contributed by atoms with Gasteiger partial charge in [0.25, 0.3) is 5.91 Å². The Balaban J connectivity index is 1.34. The number of aromatic amines is 1. The largest absolute Gasteiger partial charge is 0.489 e. The van der Waals surface area contributed by atoms with E-state index in [0.29, 0.717) is 28.7 Å². The standard InChI is InChI=1S/C23H18ClN5O2/c24-18-8-4-16(5-9-18)15-31-20-10-6-17(7-11-20)21-13-22(28-27-21)23(30)29-26-14-19-3-1-2-12-25-19/h1-14H,15H2,(H,27,28)(H,29,30). The summed E-state index contributed by atoms with van der Waals surface area (Å²) < 4.78 is 5.79. The van der Waals surface area contributed by atoms with E-state index < -0.39 is 5.91 Å². The summed E-state index contributed by atoms with van der Waals surface area (Å²) in [6, 6.07) is 22.1. The number of rotatable bonds is 7. The zero-order chi connectivity index (χ0) is 21.5. The highest BCUT2D eigenvalue weighted by Crippen LogP contribution is 2.22. The van der Waals surface area contributed by atoms with Gasteiger partial charge < -0.3 is 4.74 Å². The lowest BCUT2D eigenvalue weighted by Gasteiger charge is -2.07. The third-order valence-electron chi connectivity index (χ3n) is 4.34. The summed E-state index contributed by atoms with van der Waals surface area (Å²) in [5.41, 5.74) is 5.92. The number of halogens is 1. The number of benzene rings is 2. The van der Waals surface area contributed by atoms with Crippen LogP contribution in [0.4, 0.5) is 0 Å². The number of hydrogen-bond donors (Lipinski definition) is 2. The lowest BCUT2D eigenvalue weighted by molar-refractivity contribution is 0.0950. The molecular formula is C23H18ClN5O2. The molecule has 0 aliphatic rings. The maximum absolute atomic E-state index is 12.2. The summed E-state index contributed by atoms with van der Waals surface area (Å²) in [7, 11) is 0. The maximum Gasteiger partial charge on any atom is 0.289 e. The predicted molar refractivity (Wildman–Crippen MR) is 119 cm³/mol. The second kappa shape index (κ2) is 9.69. The quantitative estimate of drug-likeness (QED) is 0.333. The Bertz CT molecular complexity index is 1170. The Morgan fingerprint density at radius 2 is 1.90 bits per heavy atom. The van der Waals surface area contributed by atoms with Gasteiger partial charge in [-0.25, -0.2) is 5.43 Å². The Kier molecular flexibility index (Phi) is 6.35. The van der Waals surface area contributed by atoms with Crippen molar-refractivity contribution in [3.63, 3.8) is 0 Å². The van der Waals surface area contributed by atoms with E-state index in [9.17, 15) is 4.79 Å². The smallest absolute Gasteiger partial charge is 0.289 e. The summed E-state index contributed by atoms with van der Waals surface area (Å²) >= 11 is 5.89. The number of pyridine rings is 1. The summed E-state index contributed by atoms with van der Waals surface area (Å²) in [4.78, 5) is 16.3. The molecule has 0 aliphatic carbocycles. The molecule has 4 rings (SSSR count). The van der Waals surface area contributed by atoms with Crippen molar-refractivity contribution < 1.29 is 9.53 Å². The zero-order valence-corrected chi connectivity index (χ0v) is 17.1. The van der Waals surface area contributed by atoms with E-state index in [1.807, 2.05) is 54.6 Å². The zero-order valence-electron chi connectivity index (χ0n) is 16.3. The number of H-pyrrole nitrogens is 1. The van der Waals surface area contributed by atoms with Crippen molar-refractivity contribution in [2.24, 2.45) is 5.10 Å². The predicted octanol–water partition coefficient (Wildman–Crippen LogP) is 4.47. The van der Waals surface area contributed by atoms with Crippen molar-refractivity contribution in [2.45, 2.75) is 6.61 Å². The van der Waals surface area contributed by atoms with Gasteiger partial charge in [0.2, 0.25) is 0 Å². The van der Waals surface area contributed by atoms with Crippen LogP contribution in [0.2, 0.25) is 5.02 Å². The number of aromatic nitrogens is 3. The van der Waals surface area contributed by atoms with Crippen LogP contribution in [-0.2, 0) is 6.61 Å². The van der Waals surface area contributed by atoms with Crippen LogP contribution in [0.15, 0.2) is 84.1 Å². The van der Waals surface area contributed by atoms with Crippen molar-refractivity contribution in [3.8, 4) is 17.0 Å². The molecule has 0 saturated heterocycles. The molecule has 0 fully saturated rings. The molecule has 154 valence electrons. The van der Waals surface area contributed by atoms with Gasteiger partial charge in [-0.3, -0.25) is 14.9 Å². The molecule has 0 aliphatic heterocycles. The van der Waals surface area contributed by atoms with Crippen molar-refractivity contribution in [3.05, 3.63) is 101 Å². The number of nitrogens with zero attached hydrogens (tertiary/aromatic N) is 3. The number of nitrogens with one attached hydrogen (secondary N) is 2. The molecule has 2 aromatic carbocycles. The minimum absolute atomic E-state index is 0.302. The highest BCUT2D eigenvalue weighted by molar-refractivity contribution is 6.30. The van der Waals surface area contributed by atoms with Gasteiger partial charge in [0.05, 0.1) is 17.6 Å². The van der Waals surface area contributed by atoms with Gasteiger partial charge in [0, 0.05) is 16.8 Å². The van der Waals surface area contributed by atoms with Crippen LogP contribution in [-0.4, -0.2) is 27.3 Å². The average Bonchev–Trinajstić information content (AvgIpc) is 3.30. The third-order valence-corrected chi connectivity index (χ3v) is 4.59. The molecule has 0 bridgehead atoms. The topological polar surface area (TPSA) is 92.3 Å². The van der Waals surface area contributed by atoms with Crippen molar-refractivity contribution >= 4 is 23.7 Å². The molecule has 1 amide bonds. The monoisotopic (exact) mass is 431 g/mol. The minimum atomic E-state index is -0.395. The number of carbonyl (C=O) groups is 1. The Morgan fingerprint density at radius 3 is 2.65 bits per heavy atom. The molecule has 4 aromatic rings. The first-order chi connectivity index (χ1) is 15.2. The molecule has 0 unspecified atom stereocenters. The van der Waals surface area contributed by atoms with Gasteiger partial charge in [0.1, 0.15) is 18.1 Å². The van der Waals surface area contributed by atoms with Crippen LogP contribution in [0.3, 0.4) is 0 Å². The normalized spacial score (nSPS) is 10.9. The highest BCUT2D eigenvalue weighted by atomic mass is 35.5. The lowest BCUT2D eigenvalue weighted by Crippen LogP contribution is -2.18. The molecule has 0 atom stereocenters. The number of hydrogen-bond acceptors (Lipinski definition) is 5. The van der Waals surface area contributed by atoms with Crippen LogP contribution in [0, 0.1) is 0 Å². The van der Waals surface area contributed by atoms with E-state index in [4.69, 9.17) is 16.3 Å². The number of carbonyl (C=O) groups excluding carboxylic acids is 1. The van der Waals surface area contributed by atoms with E-state index in [2.05, 4.69) is 25.7 Å². The van der Waals surface area contributed by atoms with Gasteiger partial charge in [-0.15, -0.1) is 0 Å². The summed E-state index contributed by atoms with van der Waals surface area (Å²) in [6.45, 7) is 0.447. The van der Waals surface area contributed by atoms with Gasteiger partial charge in [-0.05, 0) is 60.2 Å². The van der Waals surface area contributed by atoms with Gasteiger partial charge >= 0.3 is 0 Å². The van der Waals surface area contributed by atoms with Crippen LogP contribution in [0.5, 0.6) is 5.75 Å². The Morgan fingerprint density at radius 1 is 1.10 bits per heavy atom. The van der Waals surface area contributed by atoms with Crippen molar-refractivity contribution in [1.82, 2.24) is 20.6 Å². The second-order valence-corrected chi connectivity index (χ2v) is 7.00. The van der Waals surface area contributed by atoms with E-state index in [0.717, 1.165) is 16.9 Å². The van der Waals surface area contributed by atoms with Crippen LogP contribution in [0.1, 0.15) is 21.7 Å². The Labute approximate surface area is 183 Å². The fraction of sp³-hybridized carbons (Fsp3) is 0.0435. The minimum Gasteiger partial charge on any atom is -0.489 e. The first-order valence-corrected chi connectivity index (χ1v) is 9.83. The molecule has 0 saturated carbocycles. The highest BCUT2D eigenvalue weighted by Gasteiger charge is 2.10. The van der Waals surface area contributed by atoms with E-state index in [1.165, 1.54) is 6.21 Å². The molecule has 2 aromatic heterocycles. The molecule has 8 heteroatoms. The van der Waals surface area contributed by atoms with Gasteiger partial charge in [-0.2, -0.15) is 10.2 Å². The van der Waals surface area contributed by atoms with Gasteiger partial charge in [0.15, 0.2) is 0 Å². The number of hydrazone groups is 1. The van der Waals surface area contributed by atoms with E-state index in [-0.39, 0.29) is 0 Å². The summed E-state index contributed by atoms with van der Waals surface area (Å²) in [5.74, 6) is 0.338. The van der Waals surface area contributed by atoms with Crippen LogP contribution in [0.25, 0.3) is 11.3 Å². The lowest BCUT2D eigenvalue weighted by atomic mass is 10.1. The number of amides is 1. The molecule has 31 heavy (non-hydrogen) atoms. The molecular weight excluding hydrogens is 414 g/mol. The van der Waals surface area contributed by atoms with Crippen molar-refractivity contribution in [2.75, 3.05) is 0 Å². The van der Waals surface area contributed by atoms with Crippen LogP contribution >= 0.6 is 11.6 Å². The fourth-order valence-corrected chi connectivity index (χ4v) is 2.85. The molecule has 0 spiro atoms. The first-order valence-electron chi connectivity index (χ1n) is 9.45. The second-order valence-electron chi connectivity index (χ2n) is 6.56. The van der Waals surface area contributed by atoms with Crippen LogP contribution < -0.4 is 10.2 Å².